The van der Waals surface area contributed by atoms with E-state index in [0.29, 0.717) is 0 Å². The number of rotatable bonds is 4. The van der Waals surface area contributed by atoms with Crippen molar-refractivity contribution in [2.24, 2.45) is 5.10 Å². The second-order valence-corrected chi connectivity index (χ2v) is 3.25. The predicted octanol–water partition coefficient (Wildman–Crippen LogP) is 2.63. The molecular weight excluding hydrogens is 277 g/mol. The molecule has 0 saturated carbocycles. The molecule has 0 amide bonds. The van der Waals surface area contributed by atoms with E-state index in [1.165, 1.54) is 12.1 Å². The van der Waals surface area contributed by atoms with Crippen LogP contribution in [0.25, 0.3) is 0 Å². The first-order chi connectivity index (χ1) is 8.28. The summed E-state index contributed by atoms with van der Waals surface area (Å²) in [6, 6.07) is 4.52. The third-order valence-electron chi connectivity index (χ3n) is 1.55. The van der Waals surface area contributed by atoms with Crippen LogP contribution in [0.3, 0.4) is 0 Å². The largest absolute Gasteiger partial charge is 0.573 e. The third kappa shape index (κ3) is 4.91. The van der Waals surface area contributed by atoms with Crippen LogP contribution in [0.15, 0.2) is 29.4 Å². The van der Waals surface area contributed by atoms with Gasteiger partial charge in [0.25, 0.3) is 0 Å². The van der Waals surface area contributed by atoms with Crippen molar-refractivity contribution in [1.82, 2.24) is 0 Å². The van der Waals surface area contributed by atoms with E-state index in [1.807, 2.05) is 0 Å². The summed E-state index contributed by atoms with van der Waals surface area (Å²) in [4.78, 5) is 10.3. The number of hydrogen-bond donors (Lipinski definition) is 2. The molecule has 1 rings (SSSR count). The molecule has 18 heavy (non-hydrogen) atoms. The van der Waals surface area contributed by atoms with Crippen LogP contribution in [0.2, 0.25) is 0 Å². The van der Waals surface area contributed by atoms with Crippen molar-refractivity contribution in [2.45, 2.75) is 6.36 Å². The maximum absolute atomic E-state index is 11.8. The molecule has 5 nitrogen and oxygen atoms in total. The van der Waals surface area contributed by atoms with E-state index in [2.05, 4.69) is 15.3 Å². The summed E-state index contributed by atoms with van der Waals surface area (Å²) in [6.45, 7) is 0. The number of benzene rings is 1. The lowest BCUT2D eigenvalue weighted by Crippen LogP contribution is -2.17. The highest BCUT2D eigenvalue weighted by atomic mass is 35.5. The highest BCUT2D eigenvalue weighted by Gasteiger charge is 2.30. The molecule has 1 aromatic carbocycles. The van der Waals surface area contributed by atoms with E-state index < -0.39 is 23.3 Å². The molecule has 98 valence electrons. The number of alkyl halides is 3. The summed E-state index contributed by atoms with van der Waals surface area (Å²) < 4.78 is 39.2. The minimum Gasteiger partial charge on any atom is -0.476 e. The standard InChI is InChI=1S/C9H6ClF3N2O3/c10-7(8(16)17)15-14-5-1-3-6(4-2-5)18-9(11,12)13/h1-4,14H,(H,16,17). The van der Waals surface area contributed by atoms with Crippen LogP contribution in [-0.4, -0.2) is 22.6 Å². The average molecular weight is 283 g/mol. The van der Waals surface area contributed by atoms with E-state index in [4.69, 9.17) is 16.7 Å². The maximum atomic E-state index is 11.8. The Kier molecular flexibility index (Phi) is 4.38. The molecule has 0 atom stereocenters. The van der Waals surface area contributed by atoms with Gasteiger partial charge in [-0.1, -0.05) is 11.6 Å². The minimum atomic E-state index is -4.76. The van der Waals surface area contributed by atoms with Crippen LogP contribution in [0.5, 0.6) is 5.75 Å². The van der Waals surface area contributed by atoms with Gasteiger partial charge in [0.15, 0.2) is 0 Å². The zero-order valence-corrected chi connectivity index (χ0v) is 9.29. The molecule has 0 aliphatic carbocycles. The molecule has 1 aromatic rings. The number of anilines is 1. The van der Waals surface area contributed by atoms with Crippen LogP contribution in [0.1, 0.15) is 0 Å². The summed E-state index contributed by atoms with van der Waals surface area (Å²) >= 11 is 5.20. The van der Waals surface area contributed by atoms with Gasteiger partial charge in [0.1, 0.15) is 5.75 Å². The van der Waals surface area contributed by atoms with Crippen molar-refractivity contribution >= 4 is 28.4 Å². The van der Waals surface area contributed by atoms with Crippen LogP contribution in [0.4, 0.5) is 18.9 Å². The number of halogens is 4. The molecule has 0 unspecified atom stereocenters. The Balaban J connectivity index is 2.66. The molecule has 0 fully saturated rings. The third-order valence-corrected chi connectivity index (χ3v) is 1.79. The van der Waals surface area contributed by atoms with Gasteiger partial charge in [-0.15, -0.1) is 13.2 Å². The zero-order valence-electron chi connectivity index (χ0n) is 8.53. The van der Waals surface area contributed by atoms with Crippen molar-refractivity contribution in [2.75, 3.05) is 5.43 Å². The average Bonchev–Trinajstić information content (AvgIpc) is 2.25. The summed E-state index contributed by atoms with van der Waals surface area (Å²) in [5.74, 6) is -1.83. The Bertz CT molecular complexity index is 459. The lowest BCUT2D eigenvalue weighted by Gasteiger charge is -2.08. The molecule has 0 aliphatic rings. The number of carboxylic acids is 1. The molecule has 2 N–H and O–H groups in total. The van der Waals surface area contributed by atoms with Crippen LogP contribution < -0.4 is 10.2 Å². The SMILES string of the molecule is O=C(O)C(Cl)=NNc1ccc(OC(F)(F)F)cc1. The number of hydrazone groups is 1. The Morgan fingerprint density at radius 1 is 1.33 bits per heavy atom. The first kappa shape index (κ1) is 14.1. The summed E-state index contributed by atoms with van der Waals surface area (Å²) in [6.07, 6.45) is -4.76. The van der Waals surface area contributed by atoms with Crippen molar-refractivity contribution in [1.29, 1.82) is 0 Å². The van der Waals surface area contributed by atoms with Gasteiger partial charge in [0, 0.05) is 0 Å². The molecule has 0 heterocycles. The van der Waals surface area contributed by atoms with Crippen molar-refractivity contribution in [3.05, 3.63) is 24.3 Å². The van der Waals surface area contributed by atoms with Gasteiger partial charge in [0.05, 0.1) is 5.69 Å². The van der Waals surface area contributed by atoms with Gasteiger partial charge in [-0.05, 0) is 24.3 Å². The Labute approximate surface area is 104 Å². The highest BCUT2D eigenvalue weighted by Crippen LogP contribution is 2.23. The van der Waals surface area contributed by atoms with Crippen molar-refractivity contribution in [3.63, 3.8) is 0 Å². The number of nitrogens with zero attached hydrogens (tertiary/aromatic N) is 1. The minimum absolute atomic E-state index is 0.254. The smallest absolute Gasteiger partial charge is 0.476 e. The first-order valence-corrected chi connectivity index (χ1v) is 4.74. The molecule has 9 heteroatoms. The Hall–Kier alpha value is -1.96. The number of carbonyl (C=O) groups is 1. The molecule has 0 saturated heterocycles. The molecular formula is C9H6ClF3N2O3. The van der Waals surface area contributed by atoms with Crippen LogP contribution in [0, 0.1) is 0 Å². The fourth-order valence-corrected chi connectivity index (χ4v) is 0.935. The first-order valence-electron chi connectivity index (χ1n) is 4.36. The van der Waals surface area contributed by atoms with E-state index in [0.717, 1.165) is 12.1 Å². The highest BCUT2D eigenvalue weighted by molar-refractivity contribution is 6.81. The van der Waals surface area contributed by atoms with Gasteiger partial charge < -0.3 is 9.84 Å². The molecule has 0 aromatic heterocycles. The second-order valence-electron chi connectivity index (χ2n) is 2.89. The van der Waals surface area contributed by atoms with E-state index in [-0.39, 0.29) is 5.69 Å². The fourth-order valence-electron chi connectivity index (χ4n) is 0.893. The van der Waals surface area contributed by atoms with Crippen molar-refractivity contribution in [3.8, 4) is 5.75 Å². The van der Waals surface area contributed by atoms with E-state index in [1.54, 1.807) is 0 Å². The van der Waals surface area contributed by atoms with Gasteiger partial charge >= 0.3 is 12.3 Å². The summed E-state index contributed by atoms with van der Waals surface area (Å²) in [5.41, 5.74) is 2.51. The second kappa shape index (κ2) is 5.58. The summed E-state index contributed by atoms with van der Waals surface area (Å²) in [7, 11) is 0. The number of aliphatic carboxylic acids is 1. The number of nitrogens with one attached hydrogen (secondary N) is 1. The van der Waals surface area contributed by atoms with Crippen LogP contribution in [-0.2, 0) is 4.79 Å². The molecule has 0 bridgehead atoms. The topological polar surface area (TPSA) is 70.9 Å². The maximum Gasteiger partial charge on any atom is 0.573 e. The molecule has 0 radical (unpaired) electrons. The van der Waals surface area contributed by atoms with Gasteiger partial charge in [-0.2, -0.15) is 5.10 Å². The molecule has 0 spiro atoms. The van der Waals surface area contributed by atoms with Gasteiger partial charge in [0.2, 0.25) is 5.17 Å². The zero-order chi connectivity index (χ0) is 13.8. The van der Waals surface area contributed by atoms with Gasteiger partial charge in [-0.3, -0.25) is 5.43 Å². The van der Waals surface area contributed by atoms with E-state index >= 15 is 0 Å². The lowest BCUT2D eigenvalue weighted by atomic mass is 10.3. The van der Waals surface area contributed by atoms with Crippen LogP contribution >= 0.6 is 11.6 Å². The van der Waals surface area contributed by atoms with Crippen molar-refractivity contribution < 1.29 is 27.8 Å². The summed E-state index contributed by atoms with van der Waals surface area (Å²) in [5, 5.41) is 10.9. The molecule has 0 aliphatic heterocycles. The monoisotopic (exact) mass is 282 g/mol. The Morgan fingerprint density at radius 3 is 2.33 bits per heavy atom. The number of hydrogen-bond acceptors (Lipinski definition) is 4. The Morgan fingerprint density at radius 2 is 1.89 bits per heavy atom. The van der Waals surface area contributed by atoms with Gasteiger partial charge in [-0.25, -0.2) is 4.79 Å². The lowest BCUT2D eigenvalue weighted by molar-refractivity contribution is -0.274. The quantitative estimate of drug-likeness (QED) is 0.658. The fraction of sp³-hybridized carbons (Fsp3) is 0.111. The number of carboxylic acid groups (broad SMARTS) is 1. The van der Waals surface area contributed by atoms with E-state index in [9.17, 15) is 18.0 Å². The number of ether oxygens (including phenoxy) is 1. The normalized spacial score (nSPS) is 12.1. The predicted molar refractivity (Wildman–Crippen MR) is 57.7 cm³/mol.